The summed E-state index contributed by atoms with van der Waals surface area (Å²) in [6.45, 7) is 0.764. The number of aliphatic hydroxyl groups excluding tert-OH is 1. The first-order chi connectivity index (χ1) is 6.66. The second-order valence-corrected chi connectivity index (χ2v) is 3.60. The molecular weight excluding hydrogens is 204 g/mol. The number of amides is 1. The Balaban J connectivity index is 2.12. The number of pyridine rings is 1. The van der Waals surface area contributed by atoms with Crippen LogP contribution in [0.5, 0.6) is 0 Å². The van der Waals surface area contributed by atoms with Gasteiger partial charge in [-0.15, -0.1) is 0 Å². The molecule has 1 amide bonds. The predicted molar refractivity (Wildman–Crippen MR) is 51.2 cm³/mol. The number of hydrogen-bond donors (Lipinski definition) is 1. The Morgan fingerprint density at radius 3 is 2.86 bits per heavy atom. The third-order valence-corrected chi connectivity index (χ3v) is 2.29. The average Bonchev–Trinajstić information content (AvgIpc) is 2.12. The number of β-amino-alcohol motifs (C(OH)–C–C–N with tert-alkyl or cyclic N) is 1. The van der Waals surface area contributed by atoms with Crippen LogP contribution in [0.1, 0.15) is 10.5 Å². The van der Waals surface area contributed by atoms with Gasteiger partial charge in [0, 0.05) is 13.1 Å². The molecule has 1 aromatic heterocycles. The third kappa shape index (κ3) is 1.71. The normalized spacial score (nSPS) is 16.6. The Morgan fingerprint density at radius 2 is 2.29 bits per heavy atom. The van der Waals surface area contributed by atoms with E-state index >= 15 is 0 Å². The first kappa shape index (κ1) is 9.43. The van der Waals surface area contributed by atoms with Gasteiger partial charge in [0.15, 0.2) is 0 Å². The van der Waals surface area contributed by atoms with Crippen molar-refractivity contribution in [3.8, 4) is 0 Å². The van der Waals surface area contributed by atoms with Gasteiger partial charge in [-0.05, 0) is 12.1 Å². The van der Waals surface area contributed by atoms with Gasteiger partial charge in [0.1, 0.15) is 10.8 Å². The molecule has 1 fully saturated rings. The summed E-state index contributed by atoms with van der Waals surface area (Å²) in [5.41, 5.74) is 0.324. The lowest BCUT2D eigenvalue weighted by Crippen LogP contribution is -2.53. The third-order valence-electron chi connectivity index (χ3n) is 2.08. The van der Waals surface area contributed by atoms with Gasteiger partial charge in [-0.25, -0.2) is 4.98 Å². The van der Waals surface area contributed by atoms with E-state index in [1.54, 1.807) is 18.2 Å². The highest BCUT2D eigenvalue weighted by Crippen LogP contribution is 2.13. The van der Waals surface area contributed by atoms with Gasteiger partial charge in [0.2, 0.25) is 0 Å². The Labute approximate surface area is 86.1 Å². The first-order valence-corrected chi connectivity index (χ1v) is 4.64. The van der Waals surface area contributed by atoms with Crippen LogP contribution < -0.4 is 0 Å². The molecule has 1 aliphatic rings. The van der Waals surface area contributed by atoms with Crippen LogP contribution in [-0.2, 0) is 0 Å². The van der Waals surface area contributed by atoms with Crippen molar-refractivity contribution in [3.05, 3.63) is 29.0 Å². The van der Waals surface area contributed by atoms with Gasteiger partial charge in [0.25, 0.3) is 5.91 Å². The molecule has 0 saturated carbocycles. The molecule has 0 spiro atoms. The number of rotatable bonds is 1. The minimum absolute atomic E-state index is 0.183. The summed E-state index contributed by atoms with van der Waals surface area (Å²) in [5, 5.41) is 9.33. The van der Waals surface area contributed by atoms with Crippen molar-refractivity contribution in [2.75, 3.05) is 13.1 Å². The summed E-state index contributed by atoms with van der Waals surface area (Å²) < 4.78 is 0. The molecule has 0 aliphatic carbocycles. The Hall–Kier alpha value is -1.13. The van der Waals surface area contributed by atoms with Crippen LogP contribution in [0.3, 0.4) is 0 Å². The SMILES string of the molecule is O=C(c1cccc(Cl)n1)N1CC(O)C1. The highest BCUT2D eigenvalue weighted by molar-refractivity contribution is 6.29. The topological polar surface area (TPSA) is 53.4 Å². The molecule has 74 valence electrons. The molecule has 0 bridgehead atoms. The fourth-order valence-electron chi connectivity index (χ4n) is 1.31. The maximum Gasteiger partial charge on any atom is 0.272 e. The number of halogens is 1. The van der Waals surface area contributed by atoms with E-state index in [0.29, 0.717) is 23.9 Å². The molecule has 0 atom stereocenters. The number of hydrogen-bond acceptors (Lipinski definition) is 3. The number of carbonyl (C=O) groups excluding carboxylic acids is 1. The lowest BCUT2D eigenvalue weighted by Gasteiger charge is -2.35. The van der Waals surface area contributed by atoms with Gasteiger partial charge >= 0.3 is 0 Å². The minimum Gasteiger partial charge on any atom is -0.389 e. The van der Waals surface area contributed by atoms with E-state index in [-0.39, 0.29) is 5.91 Å². The number of likely N-dealkylation sites (tertiary alicyclic amines) is 1. The Kier molecular flexibility index (Phi) is 2.39. The molecule has 1 aliphatic heterocycles. The van der Waals surface area contributed by atoms with Gasteiger partial charge < -0.3 is 10.0 Å². The smallest absolute Gasteiger partial charge is 0.272 e. The van der Waals surface area contributed by atoms with Gasteiger partial charge in [-0.3, -0.25) is 4.79 Å². The molecule has 14 heavy (non-hydrogen) atoms. The van der Waals surface area contributed by atoms with Crippen LogP contribution in [0.2, 0.25) is 5.15 Å². The minimum atomic E-state index is -0.391. The molecular formula is C9H9ClN2O2. The summed E-state index contributed by atoms with van der Waals surface area (Å²) >= 11 is 5.65. The van der Waals surface area contributed by atoms with E-state index in [2.05, 4.69) is 4.98 Å². The predicted octanol–water partition coefficient (Wildman–Crippen LogP) is 0.552. The van der Waals surface area contributed by atoms with E-state index in [1.807, 2.05) is 0 Å². The molecule has 4 nitrogen and oxygen atoms in total. The number of aromatic nitrogens is 1. The number of carbonyl (C=O) groups is 1. The fourth-order valence-corrected chi connectivity index (χ4v) is 1.47. The summed E-state index contributed by atoms with van der Waals surface area (Å²) in [6.07, 6.45) is -0.391. The molecule has 0 unspecified atom stereocenters. The first-order valence-electron chi connectivity index (χ1n) is 4.27. The molecule has 1 saturated heterocycles. The maximum atomic E-state index is 11.6. The molecule has 2 heterocycles. The average molecular weight is 213 g/mol. The molecule has 0 radical (unpaired) electrons. The van der Waals surface area contributed by atoms with E-state index in [1.165, 1.54) is 4.90 Å². The molecule has 5 heteroatoms. The van der Waals surface area contributed by atoms with E-state index in [9.17, 15) is 4.79 Å². The largest absolute Gasteiger partial charge is 0.389 e. The monoisotopic (exact) mass is 212 g/mol. The molecule has 0 aromatic carbocycles. The standard InChI is InChI=1S/C9H9ClN2O2/c10-8-3-1-2-7(11-8)9(14)12-4-6(13)5-12/h1-3,6,13H,4-5H2. The van der Waals surface area contributed by atoms with Crippen LogP contribution in [-0.4, -0.2) is 40.1 Å². The van der Waals surface area contributed by atoms with Crippen molar-refractivity contribution in [1.82, 2.24) is 9.88 Å². The van der Waals surface area contributed by atoms with Crippen LogP contribution in [0.4, 0.5) is 0 Å². The van der Waals surface area contributed by atoms with Crippen molar-refractivity contribution in [2.24, 2.45) is 0 Å². The summed E-state index contributed by atoms with van der Waals surface area (Å²) in [4.78, 5) is 17.0. The quantitative estimate of drug-likeness (QED) is 0.692. The highest BCUT2D eigenvalue weighted by atomic mass is 35.5. The van der Waals surface area contributed by atoms with E-state index < -0.39 is 6.10 Å². The van der Waals surface area contributed by atoms with Gasteiger partial charge in [-0.1, -0.05) is 17.7 Å². The number of nitrogens with zero attached hydrogens (tertiary/aromatic N) is 2. The van der Waals surface area contributed by atoms with Crippen LogP contribution in [0.25, 0.3) is 0 Å². The van der Waals surface area contributed by atoms with Crippen molar-refractivity contribution in [1.29, 1.82) is 0 Å². The molecule has 1 N–H and O–H groups in total. The summed E-state index contributed by atoms with van der Waals surface area (Å²) in [7, 11) is 0. The highest BCUT2D eigenvalue weighted by Gasteiger charge is 2.29. The fraction of sp³-hybridized carbons (Fsp3) is 0.333. The second-order valence-electron chi connectivity index (χ2n) is 3.21. The Bertz CT molecular complexity index is 364. The zero-order chi connectivity index (χ0) is 10.1. The molecule has 1 aromatic rings. The van der Waals surface area contributed by atoms with E-state index in [0.717, 1.165) is 0 Å². The van der Waals surface area contributed by atoms with Crippen molar-refractivity contribution < 1.29 is 9.90 Å². The lowest BCUT2D eigenvalue weighted by molar-refractivity contribution is 0.00550. The van der Waals surface area contributed by atoms with Gasteiger partial charge in [-0.2, -0.15) is 0 Å². The van der Waals surface area contributed by atoms with Crippen molar-refractivity contribution in [3.63, 3.8) is 0 Å². The summed E-state index contributed by atoms with van der Waals surface area (Å²) in [6, 6.07) is 4.90. The van der Waals surface area contributed by atoms with Crippen molar-refractivity contribution >= 4 is 17.5 Å². The van der Waals surface area contributed by atoms with Crippen LogP contribution in [0, 0.1) is 0 Å². The van der Waals surface area contributed by atoms with Crippen molar-refractivity contribution in [2.45, 2.75) is 6.10 Å². The maximum absolute atomic E-state index is 11.6. The second kappa shape index (κ2) is 3.55. The molecule has 2 rings (SSSR count). The van der Waals surface area contributed by atoms with Crippen LogP contribution >= 0.6 is 11.6 Å². The zero-order valence-corrected chi connectivity index (χ0v) is 8.11. The Morgan fingerprint density at radius 1 is 1.57 bits per heavy atom. The summed E-state index contributed by atoms with van der Waals surface area (Å²) in [5.74, 6) is -0.183. The lowest BCUT2D eigenvalue weighted by atomic mass is 10.1. The van der Waals surface area contributed by atoms with Crippen LogP contribution in [0.15, 0.2) is 18.2 Å². The number of aliphatic hydroxyl groups is 1. The van der Waals surface area contributed by atoms with E-state index in [4.69, 9.17) is 16.7 Å². The zero-order valence-electron chi connectivity index (χ0n) is 7.35. The van der Waals surface area contributed by atoms with Gasteiger partial charge in [0.05, 0.1) is 6.10 Å².